The largest absolute Gasteiger partial charge is 0.376 e. The lowest BCUT2D eigenvalue weighted by atomic mass is 10.1. The fourth-order valence-corrected chi connectivity index (χ4v) is 2.71. The van der Waals surface area contributed by atoms with Crippen LogP contribution in [-0.2, 0) is 14.8 Å². The van der Waals surface area contributed by atoms with Crippen LogP contribution in [0, 0.1) is 0 Å². The topological polar surface area (TPSA) is 99.7 Å². The highest BCUT2D eigenvalue weighted by Gasteiger charge is 2.11. The molecule has 25 heavy (non-hydrogen) atoms. The zero-order chi connectivity index (χ0) is 18.3. The van der Waals surface area contributed by atoms with E-state index in [0.29, 0.717) is 11.3 Å². The summed E-state index contributed by atoms with van der Waals surface area (Å²) in [6, 6.07) is 15.6. The molecule has 8 heteroatoms. The molecule has 0 aliphatic carbocycles. The first kappa shape index (κ1) is 18.6. The molecule has 0 aliphatic rings. The van der Waals surface area contributed by atoms with E-state index in [4.69, 9.17) is 0 Å². The van der Waals surface area contributed by atoms with Gasteiger partial charge in [-0.3, -0.25) is 4.79 Å². The Bertz CT molecular complexity index is 847. The average Bonchev–Trinajstić information content (AvgIpc) is 2.65. The van der Waals surface area contributed by atoms with Gasteiger partial charge in [-0.1, -0.05) is 30.3 Å². The van der Waals surface area contributed by atoms with Crippen LogP contribution < -0.4 is 15.5 Å². The van der Waals surface area contributed by atoms with Crippen molar-refractivity contribution >= 4 is 27.3 Å². The van der Waals surface area contributed by atoms with Crippen LogP contribution in [0.2, 0.25) is 0 Å². The van der Waals surface area contributed by atoms with Crippen molar-refractivity contribution in [2.45, 2.75) is 11.8 Å². The highest BCUT2D eigenvalue weighted by atomic mass is 32.2. The maximum Gasteiger partial charge on any atom is 0.259 e. The fraction of sp³-hybridized carbons (Fsp3) is 0.176. The average molecular weight is 360 g/mol. The highest BCUT2D eigenvalue weighted by molar-refractivity contribution is 7.89. The summed E-state index contributed by atoms with van der Waals surface area (Å²) in [6.07, 6.45) is 0. The molecule has 2 rings (SSSR count). The summed E-state index contributed by atoms with van der Waals surface area (Å²) in [7, 11) is -2.11. The smallest absolute Gasteiger partial charge is 0.259 e. The van der Waals surface area contributed by atoms with E-state index in [1.807, 2.05) is 30.3 Å². The van der Waals surface area contributed by atoms with Crippen LogP contribution in [0.15, 0.2) is 64.6 Å². The normalized spacial score (nSPS) is 11.8. The lowest BCUT2D eigenvalue weighted by molar-refractivity contribution is -0.119. The van der Waals surface area contributed by atoms with Gasteiger partial charge in [-0.05, 0) is 43.8 Å². The molecule has 0 unspecified atom stereocenters. The molecule has 3 N–H and O–H groups in total. The summed E-state index contributed by atoms with van der Waals surface area (Å²) in [6.45, 7) is 1.83. The van der Waals surface area contributed by atoms with Gasteiger partial charge in [0, 0.05) is 5.69 Å². The van der Waals surface area contributed by atoms with Crippen molar-refractivity contribution in [3.05, 3.63) is 60.2 Å². The molecule has 0 saturated carbocycles. The third-order valence-corrected chi connectivity index (χ3v) is 4.86. The Balaban J connectivity index is 1.93. The number of hydrazone groups is 1. The van der Waals surface area contributed by atoms with E-state index in [1.54, 1.807) is 19.1 Å². The number of carbonyl (C=O) groups is 1. The number of sulfonamides is 1. The second kappa shape index (κ2) is 8.41. The lowest BCUT2D eigenvalue weighted by Gasteiger charge is -2.07. The van der Waals surface area contributed by atoms with Gasteiger partial charge in [0.25, 0.3) is 5.91 Å². The Hall–Kier alpha value is -2.71. The van der Waals surface area contributed by atoms with Crippen LogP contribution in [0.25, 0.3) is 0 Å². The van der Waals surface area contributed by atoms with Gasteiger partial charge in [-0.15, -0.1) is 0 Å². The molecule has 0 radical (unpaired) electrons. The molecule has 0 aliphatic heterocycles. The Morgan fingerprint density at radius 3 is 2.28 bits per heavy atom. The van der Waals surface area contributed by atoms with Crippen molar-refractivity contribution in [3.63, 3.8) is 0 Å². The Morgan fingerprint density at radius 1 is 1.04 bits per heavy atom. The third kappa shape index (κ3) is 5.40. The molecule has 0 heterocycles. The summed E-state index contributed by atoms with van der Waals surface area (Å²) in [5, 5.41) is 7.01. The number of para-hydroxylation sites is 1. The molecule has 1 amide bonds. The third-order valence-electron chi connectivity index (χ3n) is 3.43. The second-order valence-electron chi connectivity index (χ2n) is 5.18. The number of nitrogens with one attached hydrogen (secondary N) is 3. The standard InChI is InChI=1S/C17H20N4O3S/c1-13(14-8-10-16(11-9-14)25(23,24)18-2)20-21-17(22)12-19-15-6-4-3-5-7-15/h3-11,18-19H,12H2,1-2H3,(H,21,22)/b20-13+. The lowest BCUT2D eigenvalue weighted by Crippen LogP contribution is -2.26. The minimum Gasteiger partial charge on any atom is -0.376 e. The van der Waals surface area contributed by atoms with Crippen LogP contribution in [0.5, 0.6) is 0 Å². The Kier molecular flexibility index (Phi) is 6.26. The van der Waals surface area contributed by atoms with E-state index >= 15 is 0 Å². The summed E-state index contributed by atoms with van der Waals surface area (Å²) in [5.74, 6) is -0.280. The Morgan fingerprint density at radius 2 is 1.68 bits per heavy atom. The van der Waals surface area contributed by atoms with Gasteiger partial charge in [0.1, 0.15) is 0 Å². The van der Waals surface area contributed by atoms with E-state index in [9.17, 15) is 13.2 Å². The summed E-state index contributed by atoms with van der Waals surface area (Å²) in [4.78, 5) is 12.0. The van der Waals surface area contributed by atoms with Crippen LogP contribution in [0.1, 0.15) is 12.5 Å². The van der Waals surface area contributed by atoms with Crippen molar-refractivity contribution in [2.75, 3.05) is 18.9 Å². The van der Waals surface area contributed by atoms with Crippen LogP contribution in [-0.4, -0.2) is 33.6 Å². The van der Waals surface area contributed by atoms with Gasteiger partial charge in [0.2, 0.25) is 10.0 Å². The monoisotopic (exact) mass is 360 g/mol. The SMILES string of the molecule is CNS(=O)(=O)c1ccc(/C(C)=N/NC(=O)CNc2ccccc2)cc1. The zero-order valence-electron chi connectivity index (χ0n) is 14.0. The maximum atomic E-state index is 11.8. The van der Waals surface area contributed by atoms with Crippen LogP contribution in [0.3, 0.4) is 0 Å². The number of hydrogen-bond donors (Lipinski definition) is 3. The first-order chi connectivity index (χ1) is 11.9. The van der Waals surface area contributed by atoms with E-state index in [2.05, 4.69) is 20.6 Å². The van der Waals surface area contributed by atoms with E-state index in [0.717, 1.165) is 5.69 Å². The molecular formula is C17H20N4O3S. The number of benzene rings is 2. The molecule has 0 saturated heterocycles. The van der Waals surface area contributed by atoms with Crippen LogP contribution in [0.4, 0.5) is 5.69 Å². The molecule has 0 spiro atoms. The quantitative estimate of drug-likeness (QED) is 0.515. The minimum absolute atomic E-state index is 0.0974. The van der Waals surface area contributed by atoms with E-state index in [-0.39, 0.29) is 17.3 Å². The zero-order valence-corrected chi connectivity index (χ0v) is 14.8. The summed E-state index contributed by atoms with van der Waals surface area (Å²) in [5.41, 5.74) is 4.60. The number of hydrogen-bond acceptors (Lipinski definition) is 5. The van der Waals surface area contributed by atoms with Gasteiger partial charge in [0.15, 0.2) is 0 Å². The van der Waals surface area contributed by atoms with E-state index < -0.39 is 10.0 Å². The van der Waals surface area contributed by atoms with Crippen molar-refractivity contribution in [2.24, 2.45) is 5.10 Å². The van der Waals surface area contributed by atoms with Gasteiger partial charge in [0.05, 0.1) is 17.2 Å². The molecule has 2 aromatic rings. The number of rotatable bonds is 7. The van der Waals surface area contributed by atoms with E-state index in [1.165, 1.54) is 19.2 Å². The molecule has 7 nitrogen and oxygen atoms in total. The molecule has 0 fully saturated rings. The fourth-order valence-electron chi connectivity index (χ4n) is 1.98. The maximum absolute atomic E-state index is 11.8. The second-order valence-corrected chi connectivity index (χ2v) is 7.07. The predicted octanol–water partition coefficient (Wildman–Crippen LogP) is 1.55. The molecule has 132 valence electrons. The molecule has 0 aromatic heterocycles. The predicted molar refractivity (Wildman–Crippen MR) is 98.0 cm³/mol. The van der Waals surface area contributed by atoms with Gasteiger partial charge >= 0.3 is 0 Å². The van der Waals surface area contributed by atoms with Gasteiger partial charge in [-0.2, -0.15) is 5.10 Å². The highest BCUT2D eigenvalue weighted by Crippen LogP contribution is 2.10. The summed E-state index contributed by atoms with van der Waals surface area (Å²) >= 11 is 0. The van der Waals surface area contributed by atoms with Crippen molar-refractivity contribution in [3.8, 4) is 0 Å². The first-order valence-electron chi connectivity index (χ1n) is 7.58. The number of anilines is 1. The van der Waals surface area contributed by atoms with Crippen LogP contribution >= 0.6 is 0 Å². The molecule has 2 aromatic carbocycles. The van der Waals surface area contributed by atoms with Crippen molar-refractivity contribution in [1.29, 1.82) is 0 Å². The minimum atomic E-state index is -3.47. The molecule has 0 atom stereocenters. The summed E-state index contributed by atoms with van der Waals surface area (Å²) < 4.78 is 25.6. The first-order valence-corrected chi connectivity index (χ1v) is 9.07. The number of nitrogens with zero attached hydrogens (tertiary/aromatic N) is 1. The van der Waals surface area contributed by atoms with Crippen molar-refractivity contribution < 1.29 is 13.2 Å². The van der Waals surface area contributed by atoms with Crippen molar-refractivity contribution in [1.82, 2.24) is 10.1 Å². The van der Waals surface area contributed by atoms with Gasteiger partial charge < -0.3 is 5.32 Å². The number of amides is 1. The Labute approximate surface area is 147 Å². The number of carbonyl (C=O) groups excluding carboxylic acids is 1. The molecular weight excluding hydrogens is 340 g/mol. The molecule has 0 bridgehead atoms. The van der Waals surface area contributed by atoms with Gasteiger partial charge in [-0.25, -0.2) is 18.6 Å².